The van der Waals surface area contributed by atoms with Crippen LogP contribution in [-0.4, -0.2) is 64.3 Å². The third-order valence-electron chi connectivity index (χ3n) is 5.60. The van der Waals surface area contributed by atoms with Crippen molar-refractivity contribution in [3.05, 3.63) is 0 Å². The fraction of sp³-hybridized carbons (Fsp3) is 1.00. The average Bonchev–Trinajstić information content (AvgIpc) is 2.98. The summed E-state index contributed by atoms with van der Waals surface area (Å²) >= 11 is 0. The van der Waals surface area contributed by atoms with E-state index >= 15 is 0 Å². The minimum Gasteiger partial charge on any atom is -0.394 e. The first-order chi connectivity index (χ1) is 13.6. The van der Waals surface area contributed by atoms with E-state index < -0.39 is 37.3 Å². The maximum absolute atomic E-state index is 9.89. The van der Waals surface area contributed by atoms with Gasteiger partial charge in [0.1, 0.15) is 24.4 Å². The Morgan fingerprint density at radius 3 is 1.68 bits per heavy atom. The maximum Gasteiger partial charge on any atom is 0.186 e. The minimum absolute atomic E-state index is 0.453. The standard InChI is InChI=1S/C22H44O6/c1-2-3-4-5-6-7-8-9-10-11-12-13-14-15-16-27-22-20(26)19(25)21(28-22)18(24)17-23/h18-26H,2-17H2,1H3/t18-,19-,20-,21-,22-/m1/s1. The largest absolute Gasteiger partial charge is 0.394 e. The third-order valence-corrected chi connectivity index (χ3v) is 5.60. The second-order valence-corrected chi connectivity index (χ2v) is 8.17. The first-order valence-corrected chi connectivity index (χ1v) is 11.5. The highest BCUT2D eigenvalue weighted by Gasteiger charge is 2.46. The van der Waals surface area contributed by atoms with E-state index in [2.05, 4.69) is 6.92 Å². The van der Waals surface area contributed by atoms with Crippen molar-refractivity contribution in [1.82, 2.24) is 0 Å². The van der Waals surface area contributed by atoms with Gasteiger partial charge in [0.15, 0.2) is 6.29 Å². The Labute approximate surface area is 171 Å². The van der Waals surface area contributed by atoms with E-state index in [1.54, 1.807) is 0 Å². The molecule has 6 heteroatoms. The molecule has 168 valence electrons. The monoisotopic (exact) mass is 404 g/mol. The summed E-state index contributed by atoms with van der Waals surface area (Å²) in [6, 6.07) is 0. The summed E-state index contributed by atoms with van der Waals surface area (Å²) in [6.45, 7) is 2.18. The molecular weight excluding hydrogens is 360 g/mol. The van der Waals surface area contributed by atoms with Crippen LogP contribution in [0.2, 0.25) is 0 Å². The van der Waals surface area contributed by atoms with Crippen LogP contribution >= 0.6 is 0 Å². The molecule has 1 heterocycles. The molecular formula is C22H44O6. The van der Waals surface area contributed by atoms with Crippen LogP contribution in [0.4, 0.5) is 0 Å². The molecule has 0 unspecified atom stereocenters. The lowest BCUT2D eigenvalue weighted by atomic mass is 10.0. The van der Waals surface area contributed by atoms with E-state index in [-0.39, 0.29) is 0 Å². The molecule has 0 aromatic carbocycles. The van der Waals surface area contributed by atoms with Gasteiger partial charge in [-0.05, 0) is 6.42 Å². The minimum atomic E-state index is -1.25. The Morgan fingerprint density at radius 1 is 0.750 bits per heavy atom. The van der Waals surface area contributed by atoms with Crippen LogP contribution in [0.1, 0.15) is 96.8 Å². The molecule has 0 aromatic rings. The Bertz CT molecular complexity index is 354. The van der Waals surface area contributed by atoms with Crippen molar-refractivity contribution >= 4 is 0 Å². The van der Waals surface area contributed by atoms with Crippen molar-refractivity contribution in [2.45, 2.75) is 128 Å². The number of aliphatic hydroxyl groups excluding tert-OH is 4. The second-order valence-electron chi connectivity index (χ2n) is 8.17. The van der Waals surface area contributed by atoms with Gasteiger partial charge in [0.2, 0.25) is 0 Å². The summed E-state index contributed by atoms with van der Waals surface area (Å²) in [5.74, 6) is 0. The van der Waals surface area contributed by atoms with Gasteiger partial charge in [-0.1, -0.05) is 90.4 Å². The van der Waals surface area contributed by atoms with Gasteiger partial charge < -0.3 is 29.9 Å². The molecule has 0 saturated carbocycles. The average molecular weight is 405 g/mol. The van der Waals surface area contributed by atoms with Gasteiger partial charge in [-0.3, -0.25) is 0 Å². The third kappa shape index (κ3) is 10.5. The van der Waals surface area contributed by atoms with Crippen LogP contribution in [0.25, 0.3) is 0 Å². The number of hydrogen-bond acceptors (Lipinski definition) is 6. The summed E-state index contributed by atoms with van der Waals surface area (Å²) < 4.78 is 10.8. The van der Waals surface area contributed by atoms with Gasteiger partial charge in [-0.25, -0.2) is 0 Å². The van der Waals surface area contributed by atoms with E-state index in [0.717, 1.165) is 12.8 Å². The van der Waals surface area contributed by atoms with Crippen LogP contribution in [0.5, 0.6) is 0 Å². The Balaban J connectivity index is 1.88. The predicted octanol–water partition coefficient (Wildman–Crippen LogP) is 3.28. The summed E-state index contributed by atoms with van der Waals surface area (Å²) in [6.07, 6.45) is 12.4. The van der Waals surface area contributed by atoms with Gasteiger partial charge in [-0.2, -0.15) is 0 Å². The molecule has 1 fully saturated rings. The summed E-state index contributed by atoms with van der Waals surface area (Å²) in [5, 5.41) is 38.2. The summed E-state index contributed by atoms with van der Waals surface area (Å²) in [4.78, 5) is 0. The summed E-state index contributed by atoms with van der Waals surface area (Å²) in [7, 11) is 0. The van der Waals surface area contributed by atoms with E-state index in [4.69, 9.17) is 14.6 Å². The fourth-order valence-corrected chi connectivity index (χ4v) is 3.73. The van der Waals surface area contributed by atoms with E-state index in [1.165, 1.54) is 77.0 Å². The number of unbranched alkanes of at least 4 members (excludes halogenated alkanes) is 13. The van der Waals surface area contributed by atoms with Crippen molar-refractivity contribution in [2.75, 3.05) is 13.2 Å². The highest BCUT2D eigenvalue weighted by Crippen LogP contribution is 2.25. The second kappa shape index (κ2) is 16.5. The quantitative estimate of drug-likeness (QED) is 0.262. The zero-order chi connectivity index (χ0) is 20.6. The lowest BCUT2D eigenvalue weighted by Crippen LogP contribution is -2.40. The Hall–Kier alpha value is -0.240. The molecule has 5 atom stereocenters. The molecule has 4 N–H and O–H groups in total. The molecule has 1 saturated heterocycles. The van der Waals surface area contributed by atoms with Crippen molar-refractivity contribution in [3.63, 3.8) is 0 Å². The first-order valence-electron chi connectivity index (χ1n) is 11.5. The summed E-state index contributed by atoms with van der Waals surface area (Å²) in [5.41, 5.74) is 0. The van der Waals surface area contributed by atoms with E-state index in [0.29, 0.717) is 6.61 Å². The molecule has 6 nitrogen and oxygen atoms in total. The zero-order valence-corrected chi connectivity index (χ0v) is 17.8. The molecule has 0 amide bonds. The predicted molar refractivity (Wildman–Crippen MR) is 110 cm³/mol. The van der Waals surface area contributed by atoms with Gasteiger partial charge in [0, 0.05) is 6.61 Å². The number of rotatable bonds is 18. The molecule has 1 aliphatic rings. The number of hydrogen-bond donors (Lipinski definition) is 4. The lowest BCUT2D eigenvalue weighted by molar-refractivity contribution is -0.181. The lowest BCUT2D eigenvalue weighted by Gasteiger charge is -2.18. The van der Waals surface area contributed by atoms with Crippen molar-refractivity contribution in [2.24, 2.45) is 0 Å². The smallest absolute Gasteiger partial charge is 0.186 e. The molecule has 0 spiro atoms. The van der Waals surface area contributed by atoms with Crippen LogP contribution in [0.3, 0.4) is 0 Å². The highest BCUT2D eigenvalue weighted by atomic mass is 16.7. The molecule has 0 aromatic heterocycles. The van der Waals surface area contributed by atoms with Crippen molar-refractivity contribution in [1.29, 1.82) is 0 Å². The van der Waals surface area contributed by atoms with Gasteiger partial charge >= 0.3 is 0 Å². The zero-order valence-electron chi connectivity index (χ0n) is 17.8. The van der Waals surface area contributed by atoms with Crippen molar-refractivity contribution in [3.8, 4) is 0 Å². The fourth-order valence-electron chi connectivity index (χ4n) is 3.73. The Kier molecular flexibility index (Phi) is 15.2. The van der Waals surface area contributed by atoms with Gasteiger partial charge in [0.25, 0.3) is 0 Å². The first kappa shape index (κ1) is 25.8. The molecule has 28 heavy (non-hydrogen) atoms. The van der Waals surface area contributed by atoms with Gasteiger partial charge in [-0.15, -0.1) is 0 Å². The molecule has 0 aliphatic carbocycles. The molecule has 1 rings (SSSR count). The van der Waals surface area contributed by atoms with Gasteiger partial charge in [0.05, 0.1) is 6.61 Å². The van der Waals surface area contributed by atoms with Crippen LogP contribution in [-0.2, 0) is 9.47 Å². The highest BCUT2D eigenvalue weighted by molar-refractivity contribution is 4.90. The molecule has 0 radical (unpaired) electrons. The van der Waals surface area contributed by atoms with Crippen molar-refractivity contribution < 1.29 is 29.9 Å². The normalized spacial score (nSPS) is 26.0. The Morgan fingerprint density at radius 2 is 1.21 bits per heavy atom. The van der Waals surface area contributed by atoms with Crippen LogP contribution in [0, 0.1) is 0 Å². The molecule has 0 bridgehead atoms. The number of aliphatic hydroxyl groups is 4. The van der Waals surface area contributed by atoms with E-state index in [1.807, 2.05) is 0 Å². The number of ether oxygens (including phenoxy) is 2. The SMILES string of the molecule is CCCCCCCCCCCCCCCCO[C@@H]1O[C@H]([C@H](O)CO)[C@H](O)[C@H]1O. The topological polar surface area (TPSA) is 99.4 Å². The van der Waals surface area contributed by atoms with Crippen LogP contribution < -0.4 is 0 Å². The van der Waals surface area contributed by atoms with E-state index in [9.17, 15) is 15.3 Å². The maximum atomic E-state index is 9.89. The molecule has 1 aliphatic heterocycles. The van der Waals surface area contributed by atoms with Crippen LogP contribution in [0.15, 0.2) is 0 Å².